The van der Waals surface area contributed by atoms with Crippen molar-refractivity contribution in [2.24, 2.45) is 5.73 Å². The highest BCUT2D eigenvalue weighted by Gasteiger charge is 2.16. The van der Waals surface area contributed by atoms with Crippen LogP contribution in [-0.4, -0.2) is 23.4 Å². The van der Waals surface area contributed by atoms with Crippen molar-refractivity contribution in [3.8, 4) is 0 Å². The predicted octanol–water partition coefficient (Wildman–Crippen LogP) is 1.66. The van der Waals surface area contributed by atoms with E-state index >= 15 is 0 Å². The van der Waals surface area contributed by atoms with Gasteiger partial charge in [0, 0.05) is 13.1 Å². The topological polar surface area (TPSA) is 46.3 Å². The van der Waals surface area contributed by atoms with Gasteiger partial charge in [-0.1, -0.05) is 6.07 Å². The van der Waals surface area contributed by atoms with Crippen LogP contribution in [0.5, 0.6) is 0 Å². The summed E-state index contributed by atoms with van der Waals surface area (Å²) in [6, 6.07) is 3.00. The molecule has 0 bridgehead atoms. The van der Waals surface area contributed by atoms with Crippen molar-refractivity contribution in [2.45, 2.75) is 26.4 Å². The first-order valence-electron chi connectivity index (χ1n) is 5.44. The summed E-state index contributed by atoms with van der Waals surface area (Å²) in [4.78, 5) is 13.2. The largest absolute Gasteiger partial charge is 0.337 e. The molecule has 1 aromatic rings. The van der Waals surface area contributed by atoms with Gasteiger partial charge in [0.15, 0.2) is 11.6 Å². The summed E-state index contributed by atoms with van der Waals surface area (Å²) < 4.78 is 25.7. The number of rotatable bonds is 4. The SMILES string of the molecule is CCN(Cc1ccc(F)c(F)c1)C(=O)C(C)N. The second kappa shape index (κ2) is 5.72. The van der Waals surface area contributed by atoms with E-state index in [0.717, 1.165) is 12.1 Å². The molecule has 1 atom stereocenters. The summed E-state index contributed by atoms with van der Waals surface area (Å²) in [5.74, 6) is -2.01. The minimum atomic E-state index is -0.910. The molecule has 0 aromatic heterocycles. The molecule has 5 heteroatoms. The Bertz CT molecular complexity index is 407. The normalized spacial score (nSPS) is 12.3. The van der Waals surface area contributed by atoms with Gasteiger partial charge in [0.2, 0.25) is 5.91 Å². The van der Waals surface area contributed by atoms with Crippen LogP contribution in [0.2, 0.25) is 0 Å². The number of halogens is 2. The zero-order valence-electron chi connectivity index (χ0n) is 9.91. The second-order valence-electron chi connectivity index (χ2n) is 3.89. The van der Waals surface area contributed by atoms with Gasteiger partial charge in [-0.15, -0.1) is 0 Å². The molecule has 1 aromatic carbocycles. The highest BCUT2D eigenvalue weighted by Crippen LogP contribution is 2.11. The Hall–Kier alpha value is -1.49. The minimum absolute atomic E-state index is 0.211. The van der Waals surface area contributed by atoms with Gasteiger partial charge in [-0.2, -0.15) is 0 Å². The Labute approximate surface area is 99.2 Å². The van der Waals surface area contributed by atoms with Gasteiger partial charge < -0.3 is 10.6 Å². The van der Waals surface area contributed by atoms with E-state index in [1.54, 1.807) is 13.8 Å². The molecule has 0 radical (unpaired) electrons. The van der Waals surface area contributed by atoms with E-state index in [-0.39, 0.29) is 12.5 Å². The van der Waals surface area contributed by atoms with E-state index in [1.165, 1.54) is 11.0 Å². The standard InChI is InChI=1S/C12H16F2N2O/c1-3-16(12(17)8(2)15)7-9-4-5-10(13)11(14)6-9/h4-6,8H,3,7,15H2,1-2H3. The highest BCUT2D eigenvalue weighted by molar-refractivity contribution is 5.81. The molecule has 1 amide bonds. The van der Waals surface area contributed by atoms with Crippen LogP contribution < -0.4 is 5.73 Å². The number of carbonyl (C=O) groups is 1. The number of carbonyl (C=O) groups excluding carboxylic acids is 1. The third-order valence-corrected chi connectivity index (χ3v) is 2.44. The lowest BCUT2D eigenvalue weighted by Crippen LogP contribution is -2.41. The van der Waals surface area contributed by atoms with Gasteiger partial charge in [0.25, 0.3) is 0 Å². The van der Waals surface area contributed by atoms with Crippen LogP contribution in [0.3, 0.4) is 0 Å². The minimum Gasteiger partial charge on any atom is -0.337 e. The molecule has 94 valence electrons. The molecule has 0 aliphatic carbocycles. The van der Waals surface area contributed by atoms with Crippen LogP contribution >= 0.6 is 0 Å². The molecule has 0 heterocycles. The molecule has 0 fully saturated rings. The maximum Gasteiger partial charge on any atom is 0.239 e. The van der Waals surface area contributed by atoms with Crippen molar-refractivity contribution in [3.05, 3.63) is 35.4 Å². The summed E-state index contributed by atoms with van der Waals surface area (Å²) in [6.45, 7) is 4.10. The molecule has 0 saturated heterocycles. The Morgan fingerprint density at radius 3 is 2.53 bits per heavy atom. The molecular weight excluding hydrogens is 226 g/mol. The average Bonchev–Trinajstić information content (AvgIpc) is 2.29. The zero-order valence-corrected chi connectivity index (χ0v) is 9.91. The van der Waals surface area contributed by atoms with Gasteiger partial charge >= 0.3 is 0 Å². The van der Waals surface area contributed by atoms with Crippen molar-refractivity contribution in [2.75, 3.05) is 6.54 Å². The van der Waals surface area contributed by atoms with E-state index in [0.29, 0.717) is 12.1 Å². The van der Waals surface area contributed by atoms with Crippen molar-refractivity contribution >= 4 is 5.91 Å². The number of hydrogen-bond acceptors (Lipinski definition) is 2. The van der Waals surface area contributed by atoms with E-state index in [4.69, 9.17) is 5.73 Å². The number of hydrogen-bond donors (Lipinski definition) is 1. The van der Waals surface area contributed by atoms with E-state index in [1.807, 2.05) is 0 Å². The first-order valence-corrected chi connectivity index (χ1v) is 5.44. The monoisotopic (exact) mass is 242 g/mol. The van der Waals surface area contributed by atoms with Crippen LogP contribution in [-0.2, 0) is 11.3 Å². The molecule has 2 N–H and O–H groups in total. The Balaban J connectivity index is 2.80. The molecule has 1 unspecified atom stereocenters. The van der Waals surface area contributed by atoms with Gasteiger partial charge in [0.1, 0.15) is 0 Å². The fourth-order valence-corrected chi connectivity index (χ4v) is 1.49. The van der Waals surface area contributed by atoms with E-state index in [2.05, 4.69) is 0 Å². The third kappa shape index (κ3) is 3.49. The lowest BCUT2D eigenvalue weighted by Gasteiger charge is -2.22. The quantitative estimate of drug-likeness (QED) is 0.872. The maximum atomic E-state index is 13.0. The first-order chi connectivity index (χ1) is 7.95. The van der Waals surface area contributed by atoms with Crippen LogP contribution in [0, 0.1) is 11.6 Å². The van der Waals surface area contributed by atoms with Crippen LogP contribution in [0.4, 0.5) is 8.78 Å². The van der Waals surface area contributed by atoms with Crippen molar-refractivity contribution in [3.63, 3.8) is 0 Å². The molecule has 3 nitrogen and oxygen atoms in total. The number of nitrogens with two attached hydrogens (primary N) is 1. The molecule has 0 saturated carbocycles. The lowest BCUT2D eigenvalue weighted by molar-refractivity contribution is -0.132. The van der Waals surface area contributed by atoms with Crippen LogP contribution in [0.1, 0.15) is 19.4 Å². The van der Waals surface area contributed by atoms with E-state index < -0.39 is 17.7 Å². The summed E-state index contributed by atoms with van der Waals surface area (Å²) in [5.41, 5.74) is 6.04. The Morgan fingerprint density at radius 2 is 2.06 bits per heavy atom. The molecule has 0 spiro atoms. The smallest absolute Gasteiger partial charge is 0.239 e. The maximum absolute atomic E-state index is 13.0. The van der Waals surface area contributed by atoms with E-state index in [9.17, 15) is 13.6 Å². The molecule has 0 aliphatic heterocycles. The summed E-state index contributed by atoms with van der Waals surface area (Å²) in [7, 11) is 0. The highest BCUT2D eigenvalue weighted by atomic mass is 19.2. The Morgan fingerprint density at radius 1 is 1.41 bits per heavy atom. The fraction of sp³-hybridized carbons (Fsp3) is 0.417. The van der Waals surface area contributed by atoms with Crippen LogP contribution in [0.15, 0.2) is 18.2 Å². The summed E-state index contributed by atoms with van der Waals surface area (Å²) in [6.07, 6.45) is 0. The number of nitrogens with zero attached hydrogens (tertiary/aromatic N) is 1. The number of benzene rings is 1. The number of amides is 1. The third-order valence-electron chi connectivity index (χ3n) is 2.44. The number of likely N-dealkylation sites (N-methyl/N-ethyl adjacent to an activating group) is 1. The second-order valence-corrected chi connectivity index (χ2v) is 3.89. The summed E-state index contributed by atoms with van der Waals surface area (Å²) >= 11 is 0. The Kier molecular flexibility index (Phi) is 4.57. The molecule has 1 rings (SSSR count). The lowest BCUT2D eigenvalue weighted by atomic mass is 10.2. The van der Waals surface area contributed by atoms with Gasteiger partial charge in [-0.3, -0.25) is 4.79 Å². The molecular formula is C12H16F2N2O. The zero-order chi connectivity index (χ0) is 13.0. The van der Waals surface area contributed by atoms with Gasteiger partial charge in [0.05, 0.1) is 6.04 Å². The molecule has 0 aliphatic rings. The average molecular weight is 242 g/mol. The van der Waals surface area contributed by atoms with Gasteiger partial charge in [-0.25, -0.2) is 8.78 Å². The predicted molar refractivity (Wildman–Crippen MR) is 61.1 cm³/mol. The van der Waals surface area contributed by atoms with Crippen molar-refractivity contribution < 1.29 is 13.6 Å². The summed E-state index contributed by atoms with van der Waals surface area (Å²) in [5, 5.41) is 0. The van der Waals surface area contributed by atoms with Crippen molar-refractivity contribution in [1.29, 1.82) is 0 Å². The fourth-order valence-electron chi connectivity index (χ4n) is 1.49. The molecule has 17 heavy (non-hydrogen) atoms. The first kappa shape index (κ1) is 13.6. The van der Waals surface area contributed by atoms with Crippen molar-refractivity contribution in [1.82, 2.24) is 4.90 Å². The van der Waals surface area contributed by atoms with Gasteiger partial charge in [-0.05, 0) is 31.5 Å². The van der Waals surface area contributed by atoms with Crippen LogP contribution in [0.25, 0.3) is 0 Å².